The van der Waals surface area contributed by atoms with Gasteiger partial charge >= 0.3 is 5.97 Å². The van der Waals surface area contributed by atoms with Crippen molar-refractivity contribution in [3.05, 3.63) is 25.3 Å². The number of hydrogen-bond donors (Lipinski definition) is 0. The van der Waals surface area contributed by atoms with E-state index in [-0.39, 0.29) is 23.4 Å². The SMILES string of the molecule is C=CC[C@@H]1C(=O)O[C@@H]2[C@H]1[C@H](C=C)CC2(C)C. The number of carbonyl (C=O) groups is 1. The maximum atomic E-state index is 11.8. The second kappa shape index (κ2) is 3.76. The van der Waals surface area contributed by atoms with Crippen molar-refractivity contribution < 1.29 is 9.53 Å². The van der Waals surface area contributed by atoms with Crippen LogP contribution in [0, 0.1) is 23.2 Å². The highest BCUT2D eigenvalue weighted by molar-refractivity contribution is 5.76. The van der Waals surface area contributed by atoms with E-state index in [1.807, 2.05) is 12.2 Å². The first kappa shape index (κ1) is 11.4. The summed E-state index contributed by atoms with van der Waals surface area (Å²) in [6.45, 7) is 12.0. The average Bonchev–Trinajstić information content (AvgIpc) is 2.66. The molecule has 4 atom stereocenters. The van der Waals surface area contributed by atoms with Gasteiger partial charge < -0.3 is 4.74 Å². The van der Waals surface area contributed by atoms with Crippen molar-refractivity contribution in [2.24, 2.45) is 23.2 Å². The van der Waals surface area contributed by atoms with Gasteiger partial charge in [-0.1, -0.05) is 26.0 Å². The molecule has 2 fully saturated rings. The van der Waals surface area contributed by atoms with E-state index in [1.165, 1.54) is 0 Å². The molecular weight excluding hydrogens is 200 g/mol. The Morgan fingerprint density at radius 1 is 1.50 bits per heavy atom. The lowest BCUT2D eigenvalue weighted by Crippen LogP contribution is -2.27. The molecule has 1 saturated heterocycles. The Labute approximate surface area is 97.4 Å². The lowest BCUT2D eigenvalue weighted by Gasteiger charge is -2.24. The molecule has 16 heavy (non-hydrogen) atoms. The molecule has 2 nitrogen and oxygen atoms in total. The minimum atomic E-state index is -0.0467. The van der Waals surface area contributed by atoms with Gasteiger partial charge in [0, 0.05) is 11.3 Å². The zero-order valence-corrected chi connectivity index (χ0v) is 10.1. The fraction of sp³-hybridized carbons (Fsp3) is 0.643. The number of rotatable bonds is 3. The van der Waals surface area contributed by atoms with Crippen LogP contribution in [-0.4, -0.2) is 12.1 Å². The van der Waals surface area contributed by atoms with Crippen LogP contribution in [-0.2, 0) is 9.53 Å². The largest absolute Gasteiger partial charge is 0.461 e. The maximum absolute atomic E-state index is 11.8. The standard InChI is InChI=1S/C14H20O2/c1-5-7-10-11-9(6-2)8-14(3,4)12(11)16-13(10)15/h5-6,9-12H,1-2,7-8H2,3-4H3/t9-,10+,11+,12-/m1/s1. The molecule has 2 heteroatoms. The zero-order valence-electron chi connectivity index (χ0n) is 10.1. The predicted octanol–water partition coefficient (Wildman–Crippen LogP) is 2.95. The number of fused-ring (bicyclic) bond motifs is 1. The van der Waals surface area contributed by atoms with Crippen LogP contribution in [0.4, 0.5) is 0 Å². The second-order valence-corrected chi connectivity index (χ2v) is 5.66. The fourth-order valence-corrected chi connectivity index (χ4v) is 3.40. The molecule has 0 spiro atoms. The third-order valence-electron chi connectivity index (χ3n) is 4.11. The topological polar surface area (TPSA) is 26.3 Å². The molecule has 0 aromatic heterocycles. The number of hydrogen-bond acceptors (Lipinski definition) is 2. The summed E-state index contributed by atoms with van der Waals surface area (Å²) in [7, 11) is 0. The number of esters is 1. The van der Waals surface area contributed by atoms with E-state index in [1.54, 1.807) is 0 Å². The van der Waals surface area contributed by atoms with Crippen molar-refractivity contribution >= 4 is 5.97 Å². The van der Waals surface area contributed by atoms with Crippen molar-refractivity contribution in [3.63, 3.8) is 0 Å². The molecule has 1 saturated carbocycles. The normalized spacial score (nSPS) is 40.2. The summed E-state index contributed by atoms with van der Waals surface area (Å²) in [5.41, 5.74) is 0.0785. The van der Waals surface area contributed by atoms with Gasteiger partial charge in [-0.05, 0) is 18.8 Å². The van der Waals surface area contributed by atoms with Crippen LogP contribution >= 0.6 is 0 Å². The van der Waals surface area contributed by atoms with Gasteiger partial charge in [0.05, 0.1) is 5.92 Å². The maximum Gasteiger partial charge on any atom is 0.310 e. The molecule has 0 amide bonds. The van der Waals surface area contributed by atoms with E-state index >= 15 is 0 Å². The van der Waals surface area contributed by atoms with Crippen molar-refractivity contribution in [1.82, 2.24) is 0 Å². The van der Waals surface area contributed by atoms with Crippen LogP contribution < -0.4 is 0 Å². The molecule has 2 aliphatic rings. The first-order valence-electron chi connectivity index (χ1n) is 5.95. The van der Waals surface area contributed by atoms with E-state index in [4.69, 9.17) is 4.74 Å². The fourth-order valence-electron chi connectivity index (χ4n) is 3.40. The second-order valence-electron chi connectivity index (χ2n) is 5.66. The molecule has 2 rings (SSSR count). The van der Waals surface area contributed by atoms with Gasteiger partial charge in [-0.15, -0.1) is 13.2 Å². The third-order valence-corrected chi connectivity index (χ3v) is 4.11. The smallest absolute Gasteiger partial charge is 0.310 e. The summed E-state index contributed by atoms with van der Waals surface area (Å²) in [4.78, 5) is 11.8. The van der Waals surface area contributed by atoms with Crippen LogP contribution in [0.25, 0.3) is 0 Å². The van der Waals surface area contributed by atoms with Gasteiger partial charge in [0.1, 0.15) is 6.10 Å². The Hall–Kier alpha value is -1.05. The van der Waals surface area contributed by atoms with Gasteiger partial charge in [0.2, 0.25) is 0 Å². The lowest BCUT2D eigenvalue weighted by molar-refractivity contribution is -0.147. The summed E-state index contributed by atoms with van der Waals surface area (Å²) in [6, 6.07) is 0. The van der Waals surface area contributed by atoms with E-state index in [0.717, 1.165) is 12.8 Å². The lowest BCUT2D eigenvalue weighted by atomic mass is 9.82. The summed E-state index contributed by atoms with van der Waals surface area (Å²) in [5.74, 6) is 0.649. The molecule has 0 N–H and O–H groups in total. The van der Waals surface area contributed by atoms with E-state index in [9.17, 15) is 4.79 Å². The van der Waals surface area contributed by atoms with Crippen molar-refractivity contribution in [2.75, 3.05) is 0 Å². The number of ether oxygens (including phenoxy) is 1. The average molecular weight is 220 g/mol. The number of carbonyl (C=O) groups excluding carboxylic acids is 1. The molecule has 1 aliphatic carbocycles. The molecule has 0 aromatic carbocycles. The van der Waals surface area contributed by atoms with Crippen molar-refractivity contribution in [2.45, 2.75) is 32.8 Å². The highest BCUT2D eigenvalue weighted by atomic mass is 16.6. The Morgan fingerprint density at radius 3 is 2.75 bits per heavy atom. The highest BCUT2D eigenvalue weighted by Gasteiger charge is 2.58. The zero-order chi connectivity index (χ0) is 11.9. The highest BCUT2D eigenvalue weighted by Crippen LogP contribution is 2.54. The van der Waals surface area contributed by atoms with Gasteiger partial charge in [-0.25, -0.2) is 0 Å². The quantitative estimate of drug-likeness (QED) is 0.540. The molecule has 0 bridgehead atoms. The monoisotopic (exact) mass is 220 g/mol. The van der Waals surface area contributed by atoms with E-state index < -0.39 is 0 Å². The third kappa shape index (κ3) is 1.51. The Kier molecular flexibility index (Phi) is 2.69. The minimum absolute atomic E-state index is 0.00715. The number of allylic oxidation sites excluding steroid dienone is 2. The molecule has 1 aliphatic heterocycles. The van der Waals surface area contributed by atoms with Gasteiger partial charge in [0.25, 0.3) is 0 Å². The molecular formula is C14H20O2. The summed E-state index contributed by atoms with van der Waals surface area (Å²) in [5, 5.41) is 0. The molecule has 0 unspecified atom stereocenters. The van der Waals surface area contributed by atoms with Crippen LogP contribution in [0.5, 0.6) is 0 Å². The van der Waals surface area contributed by atoms with Gasteiger partial charge in [-0.2, -0.15) is 0 Å². The van der Waals surface area contributed by atoms with Crippen molar-refractivity contribution in [1.29, 1.82) is 0 Å². The first-order chi connectivity index (χ1) is 7.51. The summed E-state index contributed by atoms with van der Waals surface area (Å²) >= 11 is 0. The summed E-state index contributed by atoms with van der Waals surface area (Å²) < 4.78 is 5.56. The van der Waals surface area contributed by atoms with Crippen LogP contribution in [0.1, 0.15) is 26.7 Å². The first-order valence-corrected chi connectivity index (χ1v) is 5.95. The van der Waals surface area contributed by atoms with Crippen LogP contribution in [0.2, 0.25) is 0 Å². The molecule has 0 radical (unpaired) electrons. The van der Waals surface area contributed by atoms with Gasteiger partial charge in [-0.3, -0.25) is 4.79 Å². The Morgan fingerprint density at radius 2 is 2.19 bits per heavy atom. The van der Waals surface area contributed by atoms with Gasteiger partial charge in [0.15, 0.2) is 0 Å². The summed E-state index contributed by atoms with van der Waals surface area (Å²) in [6.07, 6.45) is 5.66. The predicted molar refractivity (Wildman–Crippen MR) is 63.8 cm³/mol. The van der Waals surface area contributed by atoms with E-state index in [0.29, 0.717) is 11.8 Å². The van der Waals surface area contributed by atoms with Crippen molar-refractivity contribution in [3.8, 4) is 0 Å². The Bertz CT molecular complexity index is 330. The molecule has 88 valence electrons. The van der Waals surface area contributed by atoms with Crippen LogP contribution in [0.3, 0.4) is 0 Å². The van der Waals surface area contributed by atoms with E-state index in [2.05, 4.69) is 27.0 Å². The Balaban J connectivity index is 2.30. The molecule has 1 heterocycles. The molecule has 0 aromatic rings. The van der Waals surface area contributed by atoms with Crippen LogP contribution in [0.15, 0.2) is 25.3 Å². The minimum Gasteiger partial charge on any atom is -0.461 e.